The lowest BCUT2D eigenvalue weighted by Crippen LogP contribution is -2.33. The number of hydrogen-bond acceptors (Lipinski definition) is 6. The topological polar surface area (TPSA) is 165 Å². The van der Waals surface area contributed by atoms with Crippen molar-refractivity contribution in [3.63, 3.8) is 0 Å². The molecule has 0 saturated heterocycles. The van der Waals surface area contributed by atoms with Gasteiger partial charge in [0.15, 0.2) is 0 Å². The van der Waals surface area contributed by atoms with Crippen molar-refractivity contribution >= 4 is 23.6 Å². The van der Waals surface area contributed by atoms with E-state index in [1.54, 1.807) is 5.43 Å². The summed E-state index contributed by atoms with van der Waals surface area (Å²) in [6, 6.07) is 3.25. The van der Waals surface area contributed by atoms with Crippen LogP contribution in [0.1, 0.15) is 31.1 Å². The van der Waals surface area contributed by atoms with Crippen molar-refractivity contribution in [3.8, 4) is 0 Å². The Morgan fingerprint density at radius 1 is 0.947 bits per heavy atom. The minimum atomic E-state index is -1.77. The first-order chi connectivity index (χ1) is 8.92. The zero-order valence-corrected chi connectivity index (χ0v) is 9.47. The molecule has 7 N–H and O–H groups in total. The molecule has 0 aliphatic carbocycles. The molecule has 9 heteroatoms. The van der Waals surface area contributed by atoms with Crippen LogP contribution in [0.5, 0.6) is 0 Å². The highest BCUT2D eigenvalue weighted by molar-refractivity contribution is 6.41. The minimum Gasteiger partial charge on any atom is -0.475 e. The van der Waals surface area contributed by atoms with E-state index in [1.807, 2.05) is 5.43 Å². The standard InChI is InChI=1S/C10H10N4O5/c11-13-8(16)4-1-2-5(9(17)14-12)6(3-4)7(15)10(18)19/h1-3H,11-12H2,(H,13,16)(H,14,17)(H,18,19). The van der Waals surface area contributed by atoms with E-state index in [4.69, 9.17) is 16.8 Å². The van der Waals surface area contributed by atoms with Gasteiger partial charge >= 0.3 is 5.97 Å². The van der Waals surface area contributed by atoms with Gasteiger partial charge in [-0.15, -0.1) is 0 Å². The molecule has 100 valence electrons. The van der Waals surface area contributed by atoms with Crippen LogP contribution in [-0.2, 0) is 4.79 Å². The fourth-order valence-corrected chi connectivity index (χ4v) is 1.35. The van der Waals surface area contributed by atoms with E-state index < -0.39 is 29.1 Å². The van der Waals surface area contributed by atoms with Crippen LogP contribution < -0.4 is 22.5 Å². The van der Waals surface area contributed by atoms with Gasteiger partial charge in [0, 0.05) is 11.1 Å². The number of carboxylic acid groups (broad SMARTS) is 1. The Morgan fingerprint density at radius 2 is 1.53 bits per heavy atom. The van der Waals surface area contributed by atoms with Crippen LogP contribution in [0, 0.1) is 0 Å². The van der Waals surface area contributed by atoms with Crippen LogP contribution in [0.15, 0.2) is 18.2 Å². The molecule has 0 aliphatic rings. The van der Waals surface area contributed by atoms with Gasteiger partial charge in [0.05, 0.1) is 5.56 Å². The molecule has 0 heterocycles. The molecule has 0 saturated carbocycles. The number of amides is 2. The molecule has 9 nitrogen and oxygen atoms in total. The summed E-state index contributed by atoms with van der Waals surface area (Å²) in [4.78, 5) is 44.8. The summed E-state index contributed by atoms with van der Waals surface area (Å²) in [7, 11) is 0. The van der Waals surface area contributed by atoms with Crippen molar-refractivity contribution in [1.82, 2.24) is 10.9 Å². The Bertz CT molecular complexity index is 569. The summed E-state index contributed by atoms with van der Waals surface area (Å²) < 4.78 is 0. The molecule has 1 rings (SSSR count). The van der Waals surface area contributed by atoms with E-state index in [0.29, 0.717) is 0 Å². The highest BCUT2D eigenvalue weighted by atomic mass is 16.4. The number of carbonyl (C=O) groups excluding carboxylic acids is 3. The lowest BCUT2D eigenvalue weighted by Gasteiger charge is -2.07. The zero-order valence-electron chi connectivity index (χ0n) is 9.47. The predicted molar refractivity (Wildman–Crippen MR) is 61.7 cm³/mol. The molecule has 0 radical (unpaired) electrons. The quantitative estimate of drug-likeness (QED) is 0.140. The number of rotatable bonds is 4. The van der Waals surface area contributed by atoms with Gasteiger partial charge in [0.1, 0.15) is 0 Å². The summed E-state index contributed by atoms with van der Waals surface area (Å²) in [5.41, 5.74) is 2.79. The third-order valence-electron chi connectivity index (χ3n) is 2.23. The van der Waals surface area contributed by atoms with Crippen molar-refractivity contribution in [2.45, 2.75) is 0 Å². The van der Waals surface area contributed by atoms with Crippen molar-refractivity contribution in [1.29, 1.82) is 0 Å². The van der Waals surface area contributed by atoms with Gasteiger partial charge in [-0.1, -0.05) is 0 Å². The van der Waals surface area contributed by atoms with Gasteiger partial charge < -0.3 is 5.11 Å². The first-order valence-corrected chi connectivity index (χ1v) is 4.86. The molecule has 0 bridgehead atoms. The number of nitrogen functional groups attached to an aromatic ring is 2. The smallest absolute Gasteiger partial charge is 0.377 e. The first-order valence-electron chi connectivity index (χ1n) is 4.86. The van der Waals surface area contributed by atoms with E-state index in [9.17, 15) is 19.2 Å². The fourth-order valence-electron chi connectivity index (χ4n) is 1.35. The molecule has 1 aromatic carbocycles. The Balaban J connectivity index is 3.42. The van der Waals surface area contributed by atoms with Crippen LogP contribution in [-0.4, -0.2) is 28.7 Å². The molecular weight excluding hydrogens is 256 g/mol. The summed E-state index contributed by atoms with van der Waals surface area (Å²) in [5, 5.41) is 8.66. The Labute approximate surface area is 106 Å². The van der Waals surface area contributed by atoms with E-state index >= 15 is 0 Å². The summed E-state index contributed by atoms with van der Waals surface area (Å²) in [6.45, 7) is 0. The Morgan fingerprint density at radius 3 is 2.00 bits per heavy atom. The van der Waals surface area contributed by atoms with Gasteiger partial charge in [-0.05, 0) is 18.2 Å². The number of aliphatic carboxylic acids is 1. The number of Topliss-reactive ketones (excluding diaryl/α,β-unsaturated/α-hetero) is 1. The van der Waals surface area contributed by atoms with Crippen LogP contribution >= 0.6 is 0 Å². The van der Waals surface area contributed by atoms with Crippen LogP contribution in [0.2, 0.25) is 0 Å². The molecule has 0 fully saturated rings. The number of hydrazine groups is 2. The lowest BCUT2D eigenvalue weighted by atomic mass is 9.99. The fraction of sp³-hybridized carbons (Fsp3) is 0. The Hall–Kier alpha value is -2.78. The summed E-state index contributed by atoms with van der Waals surface area (Å²) in [5.74, 6) is 5.13. The third kappa shape index (κ3) is 2.91. The number of benzene rings is 1. The second-order valence-corrected chi connectivity index (χ2v) is 3.34. The lowest BCUT2D eigenvalue weighted by molar-refractivity contribution is -0.131. The maximum Gasteiger partial charge on any atom is 0.377 e. The normalized spacial score (nSPS) is 9.58. The maximum atomic E-state index is 11.5. The number of carboxylic acids is 1. The predicted octanol–water partition coefficient (Wildman–Crippen LogP) is -1.84. The molecule has 1 aromatic rings. The van der Waals surface area contributed by atoms with Crippen LogP contribution in [0.25, 0.3) is 0 Å². The number of nitrogens with one attached hydrogen (secondary N) is 2. The maximum absolute atomic E-state index is 11.5. The second-order valence-electron chi connectivity index (χ2n) is 3.34. The highest BCUT2D eigenvalue weighted by Crippen LogP contribution is 2.13. The van der Waals surface area contributed by atoms with Gasteiger partial charge in [0.2, 0.25) is 0 Å². The van der Waals surface area contributed by atoms with E-state index in [-0.39, 0.29) is 11.1 Å². The van der Waals surface area contributed by atoms with Gasteiger partial charge in [-0.3, -0.25) is 25.2 Å². The number of hydrogen-bond donors (Lipinski definition) is 5. The molecular formula is C10H10N4O5. The van der Waals surface area contributed by atoms with Gasteiger partial charge in [0.25, 0.3) is 17.6 Å². The largest absolute Gasteiger partial charge is 0.475 e. The van der Waals surface area contributed by atoms with Crippen molar-refractivity contribution < 1.29 is 24.3 Å². The van der Waals surface area contributed by atoms with E-state index in [1.165, 1.54) is 6.07 Å². The zero-order chi connectivity index (χ0) is 14.6. The Kier molecular flexibility index (Phi) is 4.29. The third-order valence-corrected chi connectivity index (χ3v) is 2.23. The number of carbonyl (C=O) groups is 4. The van der Waals surface area contributed by atoms with Crippen molar-refractivity contribution in [2.24, 2.45) is 11.7 Å². The molecule has 19 heavy (non-hydrogen) atoms. The monoisotopic (exact) mass is 266 g/mol. The molecule has 2 amide bonds. The minimum absolute atomic E-state index is 0.0688. The summed E-state index contributed by atoms with van der Waals surface area (Å²) >= 11 is 0. The van der Waals surface area contributed by atoms with E-state index in [2.05, 4.69) is 0 Å². The number of nitrogens with two attached hydrogens (primary N) is 2. The SMILES string of the molecule is NNC(=O)c1ccc(C(=O)NN)c(C(=O)C(=O)O)c1. The average Bonchev–Trinajstić information content (AvgIpc) is 2.43. The molecule has 0 aromatic heterocycles. The highest BCUT2D eigenvalue weighted by Gasteiger charge is 2.23. The van der Waals surface area contributed by atoms with E-state index in [0.717, 1.165) is 12.1 Å². The van der Waals surface area contributed by atoms with Gasteiger partial charge in [-0.2, -0.15) is 0 Å². The van der Waals surface area contributed by atoms with Crippen molar-refractivity contribution in [3.05, 3.63) is 34.9 Å². The molecule has 0 atom stereocenters. The first kappa shape index (κ1) is 14.3. The average molecular weight is 266 g/mol. The molecule has 0 spiro atoms. The van der Waals surface area contributed by atoms with Crippen molar-refractivity contribution in [2.75, 3.05) is 0 Å². The number of ketones is 1. The van der Waals surface area contributed by atoms with Gasteiger partial charge in [-0.25, -0.2) is 16.5 Å². The van der Waals surface area contributed by atoms with Crippen LogP contribution in [0.4, 0.5) is 0 Å². The summed E-state index contributed by atoms with van der Waals surface area (Å²) in [6.07, 6.45) is 0. The van der Waals surface area contributed by atoms with Crippen LogP contribution in [0.3, 0.4) is 0 Å². The second kappa shape index (κ2) is 5.71. The molecule has 0 aliphatic heterocycles. The molecule has 0 unspecified atom stereocenters.